The molecule has 1 N–H and O–H groups in total. The summed E-state index contributed by atoms with van der Waals surface area (Å²) >= 11 is 12.0. The number of aryl methyl sites for hydroxylation is 1. The number of hydrogen-bond donors (Lipinski definition) is 1. The lowest BCUT2D eigenvalue weighted by Gasteiger charge is -2.07. The second kappa shape index (κ2) is 7.53. The average Bonchev–Trinajstić information content (AvgIpc) is 2.90. The predicted molar refractivity (Wildman–Crippen MR) is 79.6 cm³/mol. The smallest absolute Gasteiger partial charge is 0.0945 e. The van der Waals surface area contributed by atoms with E-state index in [9.17, 15) is 0 Å². The van der Waals surface area contributed by atoms with E-state index >= 15 is 0 Å². The maximum Gasteiger partial charge on any atom is 0.0945 e. The molecule has 0 spiro atoms. The molecule has 1 aromatic heterocycles. The normalized spacial score (nSPS) is 10.8. The van der Waals surface area contributed by atoms with Crippen molar-refractivity contribution in [3.05, 3.63) is 52.5 Å². The fraction of sp³-hybridized carbons (Fsp3) is 0.357. The molecule has 0 saturated carbocycles. The monoisotopic (exact) mass is 297 g/mol. The minimum atomic E-state index is 0.723. The Bertz CT molecular complexity index is 497. The van der Waals surface area contributed by atoms with Crippen LogP contribution < -0.4 is 5.32 Å². The molecule has 0 saturated heterocycles. The maximum absolute atomic E-state index is 6.09. The Kier molecular flexibility index (Phi) is 5.70. The van der Waals surface area contributed by atoms with Gasteiger partial charge in [-0.1, -0.05) is 23.2 Å². The Labute approximate surface area is 123 Å². The van der Waals surface area contributed by atoms with Crippen molar-refractivity contribution >= 4 is 23.2 Å². The second-order valence-corrected chi connectivity index (χ2v) is 5.26. The van der Waals surface area contributed by atoms with Gasteiger partial charge in [-0.25, -0.2) is 4.98 Å². The molecule has 3 nitrogen and oxygen atoms in total. The summed E-state index contributed by atoms with van der Waals surface area (Å²) in [4.78, 5) is 4.02. The summed E-state index contributed by atoms with van der Waals surface area (Å²) in [5.41, 5.74) is 1.05. The third-order valence-corrected chi connectivity index (χ3v) is 3.51. The third-order valence-electron chi connectivity index (χ3n) is 2.90. The highest BCUT2D eigenvalue weighted by Crippen LogP contribution is 2.20. The maximum atomic E-state index is 6.09. The number of halogens is 2. The molecule has 0 fully saturated rings. The molecule has 1 heterocycles. The molecule has 0 aliphatic carbocycles. The van der Waals surface area contributed by atoms with Gasteiger partial charge >= 0.3 is 0 Å². The highest BCUT2D eigenvalue weighted by Gasteiger charge is 2.00. The zero-order chi connectivity index (χ0) is 13.5. The number of rotatable bonds is 7. The number of imidazole rings is 1. The van der Waals surface area contributed by atoms with Gasteiger partial charge in [-0.2, -0.15) is 0 Å². The largest absolute Gasteiger partial charge is 0.337 e. The second-order valence-electron chi connectivity index (χ2n) is 4.42. The summed E-state index contributed by atoms with van der Waals surface area (Å²) in [7, 11) is 0. The summed E-state index contributed by atoms with van der Waals surface area (Å²) in [5.74, 6) is 0. The molecule has 0 amide bonds. The van der Waals surface area contributed by atoms with Crippen LogP contribution >= 0.6 is 23.2 Å². The zero-order valence-corrected chi connectivity index (χ0v) is 12.2. The van der Waals surface area contributed by atoms with Gasteiger partial charge in [0.25, 0.3) is 0 Å². The molecule has 0 atom stereocenters. The molecule has 102 valence electrons. The molecule has 19 heavy (non-hydrogen) atoms. The molecule has 0 aliphatic rings. The first kappa shape index (κ1) is 14.4. The van der Waals surface area contributed by atoms with Crippen LogP contribution in [0.2, 0.25) is 10.0 Å². The van der Waals surface area contributed by atoms with Crippen LogP contribution in [0.4, 0.5) is 0 Å². The standard InChI is InChI=1S/C14H17Cl2N3/c15-13-3-4-14(16)12(9-13)10-17-5-1-2-7-19-8-6-18-11-19/h3-4,6,8-9,11,17H,1-2,5,7,10H2. The fourth-order valence-electron chi connectivity index (χ4n) is 1.87. The van der Waals surface area contributed by atoms with E-state index in [0.29, 0.717) is 0 Å². The number of unbranched alkanes of at least 4 members (excludes halogenated alkanes) is 1. The number of hydrogen-bond acceptors (Lipinski definition) is 2. The van der Waals surface area contributed by atoms with Crippen molar-refractivity contribution in [1.82, 2.24) is 14.9 Å². The van der Waals surface area contributed by atoms with Crippen LogP contribution in [0, 0.1) is 0 Å². The van der Waals surface area contributed by atoms with Gasteiger partial charge in [0.05, 0.1) is 6.33 Å². The molecule has 2 aromatic rings. The lowest BCUT2D eigenvalue weighted by Crippen LogP contribution is -2.15. The van der Waals surface area contributed by atoms with E-state index in [1.54, 1.807) is 12.3 Å². The summed E-state index contributed by atoms with van der Waals surface area (Å²) in [6, 6.07) is 5.54. The molecular formula is C14H17Cl2N3. The third kappa shape index (κ3) is 4.86. The zero-order valence-electron chi connectivity index (χ0n) is 10.6. The first-order valence-electron chi connectivity index (χ1n) is 6.36. The van der Waals surface area contributed by atoms with E-state index in [1.807, 2.05) is 24.7 Å². The van der Waals surface area contributed by atoms with Crippen molar-refractivity contribution in [2.24, 2.45) is 0 Å². The molecule has 2 rings (SSSR count). The van der Waals surface area contributed by atoms with E-state index in [1.165, 1.54) is 0 Å². The minimum Gasteiger partial charge on any atom is -0.337 e. The minimum absolute atomic E-state index is 0.723. The van der Waals surface area contributed by atoms with Gasteiger partial charge in [-0.05, 0) is 43.1 Å². The van der Waals surface area contributed by atoms with Crippen molar-refractivity contribution in [1.29, 1.82) is 0 Å². The molecule has 1 aromatic carbocycles. The van der Waals surface area contributed by atoms with Crippen LogP contribution in [0.3, 0.4) is 0 Å². The Morgan fingerprint density at radius 1 is 1.21 bits per heavy atom. The van der Waals surface area contributed by atoms with Gasteiger partial charge in [0.2, 0.25) is 0 Å². The quantitative estimate of drug-likeness (QED) is 0.789. The van der Waals surface area contributed by atoms with Gasteiger partial charge in [0, 0.05) is 35.5 Å². The van der Waals surface area contributed by atoms with Gasteiger partial charge in [-0.3, -0.25) is 0 Å². The summed E-state index contributed by atoms with van der Waals surface area (Å²) in [5, 5.41) is 4.86. The van der Waals surface area contributed by atoms with E-state index in [0.717, 1.165) is 48.1 Å². The number of nitrogens with zero attached hydrogens (tertiary/aromatic N) is 2. The van der Waals surface area contributed by atoms with Gasteiger partial charge in [0.15, 0.2) is 0 Å². The molecular weight excluding hydrogens is 281 g/mol. The Hall–Kier alpha value is -1.03. The SMILES string of the molecule is Clc1ccc(Cl)c(CNCCCCn2ccnc2)c1. The number of aromatic nitrogens is 2. The molecule has 0 bridgehead atoms. The highest BCUT2D eigenvalue weighted by molar-refractivity contribution is 6.33. The Morgan fingerprint density at radius 3 is 2.89 bits per heavy atom. The van der Waals surface area contributed by atoms with Crippen molar-refractivity contribution in [3.8, 4) is 0 Å². The lowest BCUT2D eigenvalue weighted by molar-refractivity contribution is 0.568. The van der Waals surface area contributed by atoms with Crippen molar-refractivity contribution in [3.63, 3.8) is 0 Å². The number of nitrogens with one attached hydrogen (secondary N) is 1. The van der Waals surface area contributed by atoms with Crippen LogP contribution in [0.5, 0.6) is 0 Å². The highest BCUT2D eigenvalue weighted by atomic mass is 35.5. The molecule has 5 heteroatoms. The first-order chi connectivity index (χ1) is 9.25. The first-order valence-corrected chi connectivity index (χ1v) is 7.11. The Morgan fingerprint density at radius 2 is 2.11 bits per heavy atom. The predicted octanol–water partition coefficient (Wildman–Crippen LogP) is 3.76. The van der Waals surface area contributed by atoms with Gasteiger partial charge < -0.3 is 9.88 Å². The van der Waals surface area contributed by atoms with E-state index in [-0.39, 0.29) is 0 Å². The number of benzene rings is 1. The van der Waals surface area contributed by atoms with Crippen LogP contribution in [-0.4, -0.2) is 16.1 Å². The van der Waals surface area contributed by atoms with Crippen molar-refractivity contribution < 1.29 is 0 Å². The summed E-state index contributed by atoms with van der Waals surface area (Å²) in [6.07, 6.45) is 7.89. The van der Waals surface area contributed by atoms with Gasteiger partial charge in [0.1, 0.15) is 0 Å². The van der Waals surface area contributed by atoms with Gasteiger partial charge in [-0.15, -0.1) is 0 Å². The van der Waals surface area contributed by atoms with Crippen LogP contribution in [-0.2, 0) is 13.1 Å². The fourth-order valence-corrected chi connectivity index (χ4v) is 2.24. The van der Waals surface area contributed by atoms with Crippen molar-refractivity contribution in [2.75, 3.05) is 6.54 Å². The molecule has 0 radical (unpaired) electrons. The van der Waals surface area contributed by atoms with E-state index in [4.69, 9.17) is 23.2 Å². The topological polar surface area (TPSA) is 29.9 Å². The summed E-state index contributed by atoms with van der Waals surface area (Å²) < 4.78 is 2.09. The van der Waals surface area contributed by atoms with Crippen molar-refractivity contribution in [2.45, 2.75) is 25.9 Å². The van der Waals surface area contributed by atoms with Crippen LogP contribution in [0.1, 0.15) is 18.4 Å². The lowest BCUT2D eigenvalue weighted by atomic mass is 10.2. The van der Waals surface area contributed by atoms with Crippen LogP contribution in [0.25, 0.3) is 0 Å². The molecule has 0 aliphatic heterocycles. The van der Waals surface area contributed by atoms with E-state index < -0.39 is 0 Å². The average molecular weight is 298 g/mol. The van der Waals surface area contributed by atoms with E-state index in [2.05, 4.69) is 14.9 Å². The Balaban J connectivity index is 1.62. The summed E-state index contributed by atoms with van der Waals surface area (Å²) in [6.45, 7) is 2.74. The molecule has 0 unspecified atom stereocenters. The van der Waals surface area contributed by atoms with Crippen LogP contribution in [0.15, 0.2) is 36.9 Å².